The van der Waals surface area contributed by atoms with Gasteiger partial charge in [-0.25, -0.2) is 25.3 Å². The molecule has 27 heteroatoms. The van der Waals surface area contributed by atoms with E-state index in [0.717, 1.165) is 0 Å². The molecule has 5 rings (SSSR count). The Morgan fingerprint density at radius 2 is 1.36 bits per heavy atom. The molecule has 288 valence electrons. The Bertz CT molecular complexity index is 1610. The maximum atomic E-state index is 12.5. The largest absolute Gasteiger partial charge is 1.00 e. The molecule has 4 saturated carbocycles. The minimum Gasteiger partial charge on any atom is -0.748 e. The number of halogens is 1. The number of fused-ring (bicyclic) bond motifs is 1. The molecule has 1 saturated heterocycles. The predicted molar refractivity (Wildman–Crippen MR) is 170 cm³/mol. The number of hydrogen-bond acceptors (Lipinski definition) is 19. The zero-order valence-electron chi connectivity index (χ0n) is 29.7. The van der Waals surface area contributed by atoms with Gasteiger partial charge < -0.3 is 29.0 Å². The quantitative estimate of drug-likeness (QED) is 0.0438. The van der Waals surface area contributed by atoms with Crippen molar-refractivity contribution in [1.29, 1.82) is 0 Å². The van der Waals surface area contributed by atoms with Crippen molar-refractivity contribution in [3.05, 3.63) is 0 Å². The van der Waals surface area contributed by atoms with E-state index in [4.69, 9.17) is 11.6 Å². The second kappa shape index (κ2) is 20.9. The fourth-order valence-corrected chi connectivity index (χ4v) is 11.8. The van der Waals surface area contributed by atoms with Gasteiger partial charge in [-0.1, -0.05) is 6.42 Å². The fraction of sp³-hybridized carbons (Fsp3) is 0.962. The molecule has 0 radical (unpaired) electrons. The first-order valence-corrected chi connectivity index (χ1v) is 21.3. The van der Waals surface area contributed by atoms with Crippen molar-refractivity contribution in [1.82, 2.24) is 26.6 Å². The van der Waals surface area contributed by atoms with Gasteiger partial charge in [-0.05, 0) is 63.7 Å². The van der Waals surface area contributed by atoms with Crippen molar-refractivity contribution >= 4 is 47.9 Å². The van der Waals surface area contributed by atoms with Gasteiger partial charge in [0.25, 0.3) is 0 Å². The minimum absolute atomic E-state index is 0. The van der Waals surface area contributed by atoms with Crippen LogP contribution in [0.3, 0.4) is 0 Å². The number of carboxylic acid groups (broad SMARTS) is 1. The summed E-state index contributed by atoms with van der Waals surface area (Å²) < 4.78 is 109. The van der Waals surface area contributed by atoms with Gasteiger partial charge in [0, 0.05) is 23.4 Å². The Morgan fingerprint density at radius 1 is 0.736 bits per heavy atom. The van der Waals surface area contributed by atoms with Gasteiger partial charge in [-0.3, -0.25) is 31.4 Å². The molecule has 0 amide bonds. The zero-order valence-corrected chi connectivity index (χ0v) is 38.9. The van der Waals surface area contributed by atoms with Crippen LogP contribution in [-0.2, 0) is 35.1 Å². The van der Waals surface area contributed by atoms with E-state index in [-0.39, 0.29) is 127 Å². The third-order valence-electron chi connectivity index (χ3n) is 10.8. The Hall–Kier alpha value is 1.81. The van der Waals surface area contributed by atoms with Crippen molar-refractivity contribution in [2.24, 2.45) is 28.0 Å². The summed E-state index contributed by atoms with van der Waals surface area (Å²) in [7, 11) is -14.8. The number of azo groups is 1. The maximum absolute atomic E-state index is 12.5. The molecule has 20 nitrogen and oxygen atoms in total. The van der Waals surface area contributed by atoms with Crippen molar-refractivity contribution in [3.63, 3.8) is 0 Å². The number of aliphatic carboxylic acids is 1. The van der Waals surface area contributed by atoms with Crippen molar-refractivity contribution in [3.8, 4) is 0 Å². The van der Waals surface area contributed by atoms with Crippen LogP contribution >= 0.6 is 11.6 Å². The Kier molecular flexibility index (Phi) is 20.1. The number of nitrogens with zero attached hydrogens (tertiary/aromatic N) is 2. The summed E-state index contributed by atoms with van der Waals surface area (Å²) in [5.74, 6) is -4.73. The van der Waals surface area contributed by atoms with Gasteiger partial charge in [-0.15, -0.1) is 11.6 Å². The van der Waals surface area contributed by atoms with Crippen LogP contribution in [0.2, 0.25) is 0 Å². The molecule has 53 heavy (non-hydrogen) atoms. The molecule has 15 atom stereocenters. The van der Waals surface area contributed by atoms with Crippen LogP contribution in [0.5, 0.6) is 0 Å². The third-order valence-corrected chi connectivity index (χ3v) is 15.0. The summed E-state index contributed by atoms with van der Waals surface area (Å²) in [6, 6.07) is -3.91. The van der Waals surface area contributed by atoms with E-state index in [1.165, 1.54) is 0 Å². The van der Waals surface area contributed by atoms with Crippen LogP contribution in [0.15, 0.2) is 10.2 Å². The molecule has 8 N–H and O–H groups in total. The molecule has 4 aliphatic carbocycles. The number of alkyl halides is 1. The smallest absolute Gasteiger partial charge is 0.748 e. The molecule has 1 heterocycles. The Balaban J connectivity index is 0.00000324. The van der Waals surface area contributed by atoms with Crippen LogP contribution in [0.1, 0.15) is 64.2 Å². The Labute approximate surface area is 380 Å². The summed E-state index contributed by atoms with van der Waals surface area (Å²) in [5.41, 5.74) is 0. The first kappa shape index (κ1) is 51.0. The SMILES string of the molecule is O=C(O)C1CC(Cl)CCC1N=NC1C(O)C2C(NC3NC(O)NC(NC4CCCC(S(=O)(=O)[O-])C4)N3)CCC(S(=O)(=O)[O-])C2CC1S(=O)(=O)[O-].[Na+].[Na+].[Na+]. The number of aliphatic hydroxyl groups excluding tert-OH is 2. The number of rotatable bonds is 10. The number of carbonyl (C=O) groups is 1. The molecular formula is C26H43ClN7Na3O13S3. The molecule has 5 aliphatic rings. The zero-order chi connectivity index (χ0) is 36.8. The fourth-order valence-electron chi connectivity index (χ4n) is 8.43. The van der Waals surface area contributed by atoms with E-state index in [2.05, 4.69) is 36.8 Å². The first-order valence-electron chi connectivity index (χ1n) is 16.5. The maximum Gasteiger partial charge on any atom is 1.00 e. The van der Waals surface area contributed by atoms with E-state index in [0.29, 0.717) is 19.3 Å². The van der Waals surface area contributed by atoms with Crippen LogP contribution < -0.4 is 115 Å². The molecule has 0 aromatic heterocycles. The molecule has 0 aromatic carbocycles. The molecule has 0 bridgehead atoms. The van der Waals surface area contributed by atoms with Crippen LogP contribution in [0, 0.1) is 17.8 Å². The topological polar surface area (TPSA) is 334 Å². The van der Waals surface area contributed by atoms with Crippen LogP contribution in [0.25, 0.3) is 0 Å². The molecule has 15 unspecified atom stereocenters. The molecule has 1 aliphatic heterocycles. The number of nitrogens with one attached hydrogen (secondary N) is 5. The summed E-state index contributed by atoms with van der Waals surface area (Å²) in [6.45, 7) is 0. The molecule has 5 fully saturated rings. The summed E-state index contributed by atoms with van der Waals surface area (Å²) >= 11 is 6.14. The second-order valence-electron chi connectivity index (χ2n) is 13.9. The summed E-state index contributed by atoms with van der Waals surface area (Å²) in [5, 5.41) is 49.8. The van der Waals surface area contributed by atoms with Crippen molar-refractivity contribution in [2.45, 2.75) is 135 Å². The van der Waals surface area contributed by atoms with Gasteiger partial charge in [0.1, 0.15) is 18.6 Å². The third kappa shape index (κ3) is 13.1. The predicted octanol–water partition coefficient (Wildman–Crippen LogP) is -11.7. The van der Waals surface area contributed by atoms with Gasteiger partial charge >= 0.3 is 94.6 Å². The van der Waals surface area contributed by atoms with Crippen molar-refractivity contribution < 1.29 is 148 Å². The summed E-state index contributed by atoms with van der Waals surface area (Å²) in [6.07, 6.45) is -3.89. The number of aliphatic hydroxyl groups is 2. The monoisotopic (exact) mass is 861 g/mol. The minimum atomic E-state index is -5.26. The Morgan fingerprint density at radius 3 is 1.94 bits per heavy atom. The van der Waals surface area contributed by atoms with E-state index < -0.39 is 131 Å². The number of carboxylic acids is 1. The number of hydrogen-bond donors (Lipinski definition) is 8. The average molecular weight is 862 g/mol. The normalized spacial score (nSPS) is 41.2. The van der Waals surface area contributed by atoms with Gasteiger partial charge in [-0.2, -0.15) is 10.2 Å². The van der Waals surface area contributed by atoms with Gasteiger partial charge in [0.05, 0.1) is 64.2 Å². The van der Waals surface area contributed by atoms with E-state index in [1.807, 2.05) is 0 Å². The van der Waals surface area contributed by atoms with Gasteiger partial charge in [0.15, 0.2) is 6.35 Å². The average Bonchev–Trinajstić information content (AvgIpc) is 2.99. The molecule has 0 aromatic rings. The van der Waals surface area contributed by atoms with E-state index in [9.17, 15) is 59.0 Å². The molecular weight excluding hydrogens is 819 g/mol. The first-order chi connectivity index (χ1) is 23.2. The standard InChI is InChI=1S/C26H46ClN7O13S3.3Na/c27-11-4-5-16(14(8-11)23(36)37)33-34-21-19(50(45,46)47)10-15-18(49(42,43)44)7-6-17(20(15)22(21)35)29-25-30-24(31-26(38)32-25)28-12-2-1-3-13(9-12)48(39,40)41;;;/h11-22,24-26,28-32,35,38H,1-10H2,(H,36,37)(H,39,40,41)(H,42,43,44)(H,45,46,47);;;/q;3*+1/p-3. The van der Waals surface area contributed by atoms with Gasteiger partial charge in [0.2, 0.25) is 0 Å². The van der Waals surface area contributed by atoms with Crippen molar-refractivity contribution in [2.75, 3.05) is 0 Å². The van der Waals surface area contributed by atoms with E-state index in [1.54, 1.807) is 0 Å². The van der Waals surface area contributed by atoms with Crippen LogP contribution in [0.4, 0.5) is 0 Å². The molecule has 0 spiro atoms. The van der Waals surface area contributed by atoms with E-state index >= 15 is 0 Å². The second-order valence-corrected chi connectivity index (χ2v) is 19.4. The van der Waals surface area contributed by atoms with Crippen LogP contribution in [-0.4, -0.2) is 131 Å². The summed E-state index contributed by atoms with van der Waals surface area (Å²) in [4.78, 5) is 11.9.